The third kappa shape index (κ3) is 4.04. The summed E-state index contributed by atoms with van der Waals surface area (Å²) in [6.07, 6.45) is 1.92. The second-order valence-electron chi connectivity index (χ2n) is 7.29. The zero-order valence-corrected chi connectivity index (χ0v) is 16.9. The van der Waals surface area contributed by atoms with Gasteiger partial charge in [0.25, 0.3) is 0 Å². The summed E-state index contributed by atoms with van der Waals surface area (Å²) >= 11 is 0. The molecule has 150 valence electrons. The Morgan fingerprint density at radius 2 is 1.76 bits per heavy atom. The van der Waals surface area contributed by atoms with Gasteiger partial charge in [-0.2, -0.15) is 5.10 Å². The van der Waals surface area contributed by atoms with Crippen LogP contribution in [0.4, 0.5) is 0 Å². The zero-order chi connectivity index (χ0) is 20.2. The number of nitrogens with one attached hydrogen (secondary N) is 1. The van der Waals surface area contributed by atoms with Crippen molar-refractivity contribution in [2.45, 2.75) is 39.0 Å². The fourth-order valence-corrected chi connectivity index (χ4v) is 4.03. The molecule has 5 heteroatoms. The molecule has 1 aromatic heterocycles. The van der Waals surface area contributed by atoms with E-state index < -0.39 is 0 Å². The van der Waals surface area contributed by atoms with Gasteiger partial charge in [-0.1, -0.05) is 36.4 Å². The highest BCUT2D eigenvalue weighted by Crippen LogP contribution is 2.34. The third-order valence-corrected chi connectivity index (χ3v) is 5.33. The maximum atomic E-state index is 12.9. The Morgan fingerprint density at radius 1 is 1.00 bits per heavy atom. The van der Waals surface area contributed by atoms with Crippen LogP contribution in [0, 0.1) is 0 Å². The van der Waals surface area contributed by atoms with Crippen molar-refractivity contribution in [3.05, 3.63) is 76.6 Å². The number of Topliss-reactive ketones (excluding diaryl/α,β-unsaturated/α-hetero) is 1. The number of carbonyl (C=O) groups is 1. The van der Waals surface area contributed by atoms with Gasteiger partial charge >= 0.3 is 0 Å². The van der Waals surface area contributed by atoms with Crippen LogP contribution in [0.25, 0.3) is 0 Å². The number of carbonyl (C=O) groups excluding carboxylic acids is 1. The number of nitrogens with zero attached hydrogens (tertiary/aromatic N) is 1. The van der Waals surface area contributed by atoms with E-state index in [0.717, 1.165) is 40.4 Å². The number of fused-ring (bicyclic) bond motifs is 1. The monoisotopic (exact) mass is 390 g/mol. The van der Waals surface area contributed by atoms with E-state index in [1.807, 2.05) is 50.2 Å². The fraction of sp³-hybridized carbons (Fsp3) is 0.333. The van der Waals surface area contributed by atoms with E-state index in [-0.39, 0.29) is 11.7 Å². The summed E-state index contributed by atoms with van der Waals surface area (Å²) in [5, 5.41) is 7.61. The van der Waals surface area contributed by atoms with Crippen molar-refractivity contribution in [3.8, 4) is 11.5 Å². The number of aromatic nitrogens is 2. The van der Waals surface area contributed by atoms with Crippen molar-refractivity contribution >= 4 is 5.78 Å². The predicted octanol–water partition coefficient (Wildman–Crippen LogP) is 4.71. The van der Waals surface area contributed by atoms with Crippen LogP contribution in [-0.2, 0) is 12.8 Å². The average molecular weight is 390 g/mol. The number of aromatic amines is 1. The molecule has 2 aromatic carbocycles. The summed E-state index contributed by atoms with van der Waals surface area (Å²) in [7, 11) is 0. The van der Waals surface area contributed by atoms with Crippen LogP contribution in [0.1, 0.15) is 59.1 Å². The first kappa shape index (κ1) is 19.2. The van der Waals surface area contributed by atoms with E-state index in [0.29, 0.717) is 26.1 Å². The summed E-state index contributed by atoms with van der Waals surface area (Å²) in [4.78, 5) is 12.9. The van der Waals surface area contributed by atoms with Gasteiger partial charge in [0.05, 0.1) is 24.5 Å². The molecule has 0 amide bonds. The highest BCUT2D eigenvalue weighted by Gasteiger charge is 2.30. The minimum atomic E-state index is 0.167. The lowest BCUT2D eigenvalue weighted by atomic mass is 9.81. The van der Waals surface area contributed by atoms with E-state index in [2.05, 4.69) is 22.3 Å². The largest absolute Gasteiger partial charge is 0.490 e. The Morgan fingerprint density at radius 3 is 2.52 bits per heavy atom. The molecule has 0 unspecified atom stereocenters. The van der Waals surface area contributed by atoms with Crippen LogP contribution in [0.5, 0.6) is 11.5 Å². The third-order valence-electron chi connectivity index (χ3n) is 5.33. The number of rotatable bonds is 7. The maximum Gasteiger partial charge on any atom is 0.167 e. The molecule has 4 rings (SSSR count). The van der Waals surface area contributed by atoms with Gasteiger partial charge in [0.2, 0.25) is 0 Å². The molecule has 1 aliphatic rings. The lowest BCUT2D eigenvalue weighted by molar-refractivity contribution is 0.0963. The Bertz CT molecular complexity index is 995. The molecule has 29 heavy (non-hydrogen) atoms. The van der Waals surface area contributed by atoms with Crippen molar-refractivity contribution in [2.24, 2.45) is 0 Å². The molecule has 0 radical (unpaired) electrons. The van der Waals surface area contributed by atoms with Gasteiger partial charge in [0.15, 0.2) is 17.3 Å². The summed E-state index contributed by atoms with van der Waals surface area (Å²) in [5.74, 6) is 1.84. The lowest BCUT2D eigenvalue weighted by Gasteiger charge is -2.21. The molecule has 1 aliphatic carbocycles. The van der Waals surface area contributed by atoms with Crippen LogP contribution < -0.4 is 9.47 Å². The Labute approximate surface area is 171 Å². The van der Waals surface area contributed by atoms with Gasteiger partial charge in [-0.3, -0.25) is 9.89 Å². The van der Waals surface area contributed by atoms with Crippen LogP contribution >= 0.6 is 0 Å². The van der Waals surface area contributed by atoms with Crippen molar-refractivity contribution in [1.29, 1.82) is 0 Å². The van der Waals surface area contributed by atoms with E-state index in [4.69, 9.17) is 9.47 Å². The zero-order valence-electron chi connectivity index (χ0n) is 16.9. The smallest absolute Gasteiger partial charge is 0.167 e. The average Bonchev–Trinajstić information content (AvgIpc) is 3.14. The summed E-state index contributed by atoms with van der Waals surface area (Å²) in [6, 6.07) is 16.2. The van der Waals surface area contributed by atoms with Gasteiger partial charge in [-0.25, -0.2) is 0 Å². The molecule has 1 N–H and O–H groups in total. The number of ether oxygens (including phenoxy) is 2. The van der Waals surface area contributed by atoms with Gasteiger partial charge in [0.1, 0.15) is 0 Å². The first-order valence-corrected chi connectivity index (χ1v) is 10.2. The van der Waals surface area contributed by atoms with Crippen molar-refractivity contribution < 1.29 is 14.3 Å². The maximum absolute atomic E-state index is 12.9. The molecule has 0 aliphatic heterocycles. The second-order valence-corrected chi connectivity index (χ2v) is 7.29. The molecule has 1 atom stereocenters. The molecular formula is C24H26N2O3. The molecule has 5 nitrogen and oxygen atoms in total. The molecule has 0 saturated carbocycles. The van der Waals surface area contributed by atoms with E-state index in [1.54, 1.807) is 0 Å². The normalized spacial score (nSPS) is 15.8. The van der Waals surface area contributed by atoms with E-state index in [1.165, 1.54) is 5.56 Å². The highest BCUT2D eigenvalue weighted by molar-refractivity contribution is 6.00. The molecule has 0 saturated heterocycles. The van der Waals surface area contributed by atoms with E-state index >= 15 is 0 Å². The van der Waals surface area contributed by atoms with Gasteiger partial charge in [-0.05, 0) is 49.4 Å². The minimum absolute atomic E-state index is 0.167. The minimum Gasteiger partial charge on any atom is -0.490 e. The molecule has 0 fully saturated rings. The molecule has 3 aromatic rings. The Hall–Kier alpha value is -3.08. The number of hydrogen-bond acceptors (Lipinski definition) is 4. The van der Waals surface area contributed by atoms with Crippen molar-refractivity contribution in [3.63, 3.8) is 0 Å². The summed E-state index contributed by atoms with van der Waals surface area (Å²) in [5.41, 5.74) is 4.77. The molecule has 0 bridgehead atoms. The number of hydrogen-bond donors (Lipinski definition) is 1. The lowest BCUT2D eigenvalue weighted by Crippen LogP contribution is -2.19. The molecule has 0 spiro atoms. The van der Waals surface area contributed by atoms with E-state index in [9.17, 15) is 4.79 Å². The van der Waals surface area contributed by atoms with Crippen LogP contribution in [0.3, 0.4) is 0 Å². The number of benzene rings is 2. The first-order chi connectivity index (χ1) is 14.2. The van der Waals surface area contributed by atoms with Crippen LogP contribution in [-0.4, -0.2) is 29.2 Å². The molecule has 1 heterocycles. The number of ketones is 1. The fourth-order valence-electron chi connectivity index (χ4n) is 4.03. The van der Waals surface area contributed by atoms with Gasteiger partial charge in [0, 0.05) is 18.5 Å². The van der Waals surface area contributed by atoms with Crippen LogP contribution in [0.2, 0.25) is 0 Å². The van der Waals surface area contributed by atoms with Crippen LogP contribution in [0.15, 0.2) is 48.5 Å². The highest BCUT2D eigenvalue weighted by atomic mass is 16.5. The second kappa shape index (κ2) is 8.52. The van der Waals surface area contributed by atoms with Gasteiger partial charge < -0.3 is 9.47 Å². The first-order valence-electron chi connectivity index (χ1n) is 10.2. The standard InChI is InChI=1S/C24H26N2O3/c1-3-28-22-11-10-16(13-23(22)29-4-2)12-19-24-20(26-25-19)14-18(15-21(24)27)17-8-6-5-7-9-17/h5-11,13,18H,3-4,12,14-15H2,1-2H3,(H,25,26)/t18-/m0/s1. The van der Waals surface area contributed by atoms with Crippen molar-refractivity contribution in [2.75, 3.05) is 13.2 Å². The number of H-pyrrole nitrogens is 1. The topological polar surface area (TPSA) is 64.2 Å². The Kier molecular flexibility index (Phi) is 5.65. The summed E-state index contributed by atoms with van der Waals surface area (Å²) < 4.78 is 11.4. The van der Waals surface area contributed by atoms with Gasteiger partial charge in [-0.15, -0.1) is 0 Å². The predicted molar refractivity (Wildman–Crippen MR) is 112 cm³/mol. The molecular weight excluding hydrogens is 364 g/mol. The summed E-state index contributed by atoms with van der Waals surface area (Å²) in [6.45, 7) is 5.06. The SMILES string of the molecule is CCOc1ccc(Cc2n[nH]c3c2C(=O)C[C@@H](c2ccccc2)C3)cc1OCC. The quantitative estimate of drug-likeness (QED) is 0.634. The van der Waals surface area contributed by atoms with Crippen molar-refractivity contribution in [1.82, 2.24) is 10.2 Å². The Balaban J connectivity index is 1.57.